The Bertz CT molecular complexity index is 450. The summed E-state index contributed by atoms with van der Waals surface area (Å²) < 4.78 is 6.51. The van der Waals surface area contributed by atoms with Gasteiger partial charge in [0.1, 0.15) is 0 Å². The third kappa shape index (κ3) is 3.36. The van der Waals surface area contributed by atoms with Gasteiger partial charge in [-0.2, -0.15) is 0 Å². The van der Waals surface area contributed by atoms with Gasteiger partial charge in [-0.15, -0.1) is 0 Å². The molecule has 1 N–H and O–H groups in total. The largest absolute Gasteiger partial charge is 0.623 e. The van der Waals surface area contributed by atoms with Crippen LogP contribution < -0.4 is 4.74 Å². The highest BCUT2D eigenvalue weighted by Gasteiger charge is 2.19. The molecule has 0 aliphatic carbocycles. The number of rotatable bonds is 2. The molecule has 4 nitrogen and oxygen atoms in total. The summed E-state index contributed by atoms with van der Waals surface area (Å²) in [6.07, 6.45) is 1.43. The molecule has 0 bridgehead atoms. The van der Waals surface area contributed by atoms with Crippen LogP contribution in [0.5, 0.6) is 11.5 Å². The Labute approximate surface area is 109 Å². The van der Waals surface area contributed by atoms with E-state index < -0.39 is 5.54 Å². The summed E-state index contributed by atoms with van der Waals surface area (Å²) in [5.74, 6) is 0.367. The number of ether oxygens (including phenoxy) is 1. The van der Waals surface area contributed by atoms with Crippen molar-refractivity contribution in [3.8, 4) is 11.5 Å². The van der Waals surface area contributed by atoms with Crippen LogP contribution in [0.3, 0.4) is 0 Å². The smallest absolute Gasteiger partial charge is 0.183 e. The van der Waals surface area contributed by atoms with Crippen LogP contribution in [-0.4, -0.2) is 28.7 Å². The molecule has 1 aromatic carbocycles. The van der Waals surface area contributed by atoms with E-state index >= 15 is 0 Å². The van der Waals surface area contributed by atoms with Gasteiger partial charge in [-0.3, -0.25) is 0 Å². The number of aromatic hydroxyl groups is 1. The van der Waals surface area contributed by atoms with E-state index in [1.54, 1.807) is 6.07 Å². The fourth-order valence-electron chi connectivity index (χ4n) is 1.14. The predicted octanol–water partition coefficient (Wildman–Crippen LogP) is 2.89. The standard InChI is InChI=1S/C12H16BrNO3/c1-12(2,3)14(16)7-8-5-10(15)11(17-4)6-9(8)13/h5-7,15H,1-4H3/b14-7-. The molecule has 0 aromatic heterocycles. The van der Waals surface area contributed by atoms with E-state index in [0.717, 1.165) is 4.74 Å². The van der Waals surface area contributed by atoms with E-state index in [-0.39, 0.29) is 5.75 Å². The number of benzene rings is 1. The quantitative estimate of drug-likeness (QED) is 0.395. The summed E-state index contributed by atoms with van der Waals surface area (Å²) in [6, 6.07) is 3.11. The second-order valence-electron chi connectivity index (χ2n) is 4.67. The Balaban J connectivity index is 3.21. The number of hydrogen-bond acceptors (Lipinski definition) is 3. The van der Waals surface area contributed by atoms with Crippen molar-refractivity contribution in [1.82, 2.24) is 0 Å². The maximum Gasteiger partial charge on any atom is 0.183 e. The lowest BCUT2D eigenvalue weighted by Crippen LogP contribution is -2.29. The van der Waals surface area contributed by atoms with Crippen molar-refractivity contribution in [3.63, 3.8) is 0 Å². The van der Waals surface area contributed by atoms with Crippen molar-refractivity contribution in [2.75, 3.05) is 7.11 Å². The Morgan fingerprint density at radius 1 is 1.41 bits per heavy atom. The number of methoxy groups -OCH3 is 1. The molecule has 1 rings (SSSR count). The highest BCUT2D eigenvalue weighted by Crippen LogP contribution is 2.31. The van der Waals surface area contributed by atoms with Gasteiger partial charge in [0.25, 0.3) is 0 Å². The van der Waals surface area contributed by atoms with E-state index in [9.17, 15) is 10.3 Å². The summed E-state index contributed by atoms with van der Waals surface area (Å²) in [4.78, 5) is 0. The lowest BCUT2D eigenvalue weighted by atomic mass is 10.1. The molecule has 0 saturated carbocycles. The molecule has 5 heteroatoms. The van der Waals surface area contributed by atoms with Crippen LogP contribution in [0.15, 0.2) is 16.6 Å². The van der Waals surface area contributed by atoms with Crippen molar-refractivity contribution in [2.24, 2.45) is 0 Å². The molecule has 0 aliphatic heterocycles. The number of nitrogens with zero attached hydrogens (tertiary/aromatic N) is 1. The molecular formula is C12H16BrNO3. The van der Waals surface area contributed by atoms with Gasteiger partial charge >= 0.3 is 0 Å². The van der Waals surface area contributed by atoms with Crippen LogP contribution in [0.1, 0.15) is 26.3 Å². The molecule has 0 fully saturated rings. The summed E-state index contributed by atoms with van der Waals surface area (Å²) in [6.45, 7) is 5.44. The SMILES string of the molecule is COc1cc(Br)c(/C=[N+](\[O-])C(C)(C)C)cc1O. The molecular weight excluding hydrogens is 286 g/mol. The van der Waals surface area contributed by atoms with E-state index in [2.05, 4.69) is 15.9 Å². The van der Waals surface area contributed by atoms with Crippen LogP contribution in [0.25, 0.3) is 0 Å². The van der Waals surface area contributed by atoms with E-state index in [4.69, 9.17) is 4.74 Å². The second kappa shape index (κ2) is 4.96. The number of halogens is 1. The highest BCUT2D eigenvalue weighted by molar-refractivity contribution is 9.10. The van der Waals surface area contributed by atoms with Crippen LogP contribution in [0, 0.1) is 5.21 Å². The van der Waals surface area contributed by atoms with Gasteiger partial charge in [0.15, 0.2) is 23.3 Å². The molecule has 0 unspecified atom stereocenters. The summed E-state index contributed by atoms with van der Waals surface area (Å²) in [5.41, 5.74) is 0.0860. The first-order chi connectivity index (χ1) is 7.75. The zero-order chi connectivity index (χ0) is 13.2. The average Bonchev–Trinajstić information content (AvgIpc) is 2.21. The topological polar surface area (TPSA) is 55.5 Å². The number of phenols is 1. The Morgan fingerprint density at radius 2 is 2.00 bits per heavy atom. The zero-order valence-corrected chi connectivity index (χ0v) is 11.9. The van der Waals surface area contributed by atoms with Crippen molar-refractivity contribution in [2.45, 2.75) is 26.3 Å². The Kier molecular flexibility index (Phi) is 4.03. The minimum Gasteiger partial charge on any atom is -0.623 e. The van der Waals surface area contributed by atoms with Gasteiger partial charge in [-0.05, 0) is 28.1 Å². The first-order valence-corrected chi connectivity index (χ1v) is 5.93. The van der Waals surface area contributed by atoms with Crippen molar-refractivity contribution in [3.05, 3.63) is 27.4 Å². The lowest BCUT2D eigenvalue weighted by Gasteiger charge is -2.19. The average molecular weight is 302 g/mol. The second-order valence-corrected chi connectivity index (χ2v) is 5.53. The Hall–Kier alpha value is -1.23. The summed E-state index contributed by atoms with van der Waals surface area (Å²) in [7, 11) is 1.47. The fraction of sp³-hybridized carbons (Fsp3) is 0.417. The van der Waals surface area contributed by atoms with E-state index in [1.165, 1.54) is 19.4 Å². The van der Waals surface area contributed by atoms with E-state index in [0.29, 0.717) is 15.8 Å². The minimum absolute atomic E-state index is 0.00394. The van der Waals surface area contributed by atoms with Crippen molar-refractivity contribution < 1.29 is 14.6 Å². The molecule has 0 heterocycles. The number of phenolic OH excluding ortho intramolecular Hbond substituents is 1. The maximum absolute atomic E-state index is 11.8. The van der Waals surface area contributed by atoms with Gasteiger partial charge in [-0.25, -0.2) is 4.74 Å². The van der Waals surface area contributed by atoms with Gasteiger partial charge in [0, 0.05) is 25.2 Å². The van der Waals surface area contributed by atoms with Crippen LogP contribution >= 0.6 is 15.9 Å². The zero-order valence-electron chi connectivity index (χ0n) is 10.3. The van der Waals surface area contributed by atoms with Gasteiger partial charge < -0.3 is 15.1 Å². The summed E-state index contributed by atoms with van der Waals surface area (Å²) >= 11 is 3.33. The third-order valence-electron chi connectivity index (χ3n) is 2.22. The Morgan fingerprint density at radius 3 is 2.47 bits per heavy atom. The highest BCUT2D eigenvalue weighted by atomic mass is 79.9. The molecule has 0 atom stereocenters. The number of hydroxylamine groups is 1. The molecule has 1 aromatic rings. The predicted molar refractivity (Wildman–Crippen MR) is 70.9 cm³/mol. The first kappa shape index (κ1) is 13.8. The normalized spacial score (nSPS) is 12.6. The third-order valence-corrected chi connectivity index (χ3v) is 2.90. The maximum atomic E-state index is 11.8. The lowest BCUT2D eigenvalue weighted by molar-refractivity contribution is -0.530. The van der Waals surface area contributed by atoms with Crippen molar-refractivity contribution >= 4 is 22.1 Å². The van der Waals surface area contributed by atoms with Crippen LogP contribution in [0.2, 0.25) is 0 Å². The van der Waals surface area contributed by atoms with E-state index in [1.807, 2.05) is 20.8 Å². The molecule has 0 amide bonds. The van der Waals surface area contributed by atoms with Crippen molar-refractivity contribution in [1.29, 1.82) is 0 Å². The molecule has 0 radical (unpaired) electrons. The molecule has 0 spiro atoms. The molecule has 94 valence electrons. The molecule has 17 heavy (non-hydrogen) atoms. The molecule has 0 aliphatic rings. The van der Waals surface area contributed by atoms with Crippen LogP contribution in [-0.2, 0) is 0 Å². The number of hydrogen-bond donors (Lipinski definition) is 1. The monoisotopic (exact) mass is 301 g/mol. The summed E-state index contributed by atoms with van der Waals surface area (Å²) in [5, 5.41) is 21.4. The van der Waals surface area contributed by atoms with Gasteiger partial charge in [0.2, 0.25) is 0 Å². The first-order valence-electron chi connectivity index (χ1n) is 5.13. The van der Waals surface area contributed by atoms with Crippen LogP contribution in [0.4, 0.5) is 0 Å². The fourth-order valence-corrected chi connectivity index (χ4v) is 1.57. The molecule has 0 saturated heterocycles. The minimum atomic E-state index is -0.519. The van der Waals surface area contributed by atoms with Gasteiger partial charge in [0.05, 0.1) is 12.7 Å². The van der Waals surface area contributed by atoms with Gasteiger partial charge in [-0.1, -0.05) is 0 Å².